The zero-order valence-corrected chi connectivity index (χ0v) is 90.0. The van der Waals surface area contributed by atoms with Crippen LogP contribution in [0.2, 0.25) is 0 Å². The Hall–Kier alpha value is -12.0. The van der Waals surface area contributed by atoms with Gasteiger partial charge in [-0.05, 0) is 311 Å². The van der Waals surface area contributed by atoms with Crippen molar-refractivity contribution in [3.63, 3.8) is 0 Å². The van der Waals surface area contributed by atoms with Crippen LogP contribution in [0.25, 0.3) is 0 Å². The minimum Gasteiger partial charge on any atom is -0.311 e. The van der Waals surface area contributed by atoms with Crippen LogP contribution in [0.15, 0.2) is 291 Å². The first-order valence-electron chi connectivity index (χ1n) is 54.6. The summed E-state index contributed by atoms with van der Waals surface area (Å²) in [5, 5.41) is 0. The molecule has 0 radical (unpaired) electrons. The highest BCUT2D eigenvalue weighted by Crippen LogP contribution is 2.54. The molecular formula is C131H154B2N6. The largest absolute Gasteiger partial charge is 0.311 e. The van der Waals surface area contributed by atoms with E-state index in [1.807, 2.05) is 53.7 Å². The van der Waals surface area contributed by atoms with Gasteiger partial charge in [-0.15, -0.1) is 0 Å². The van der Waals surface area contributed by atoms with Crippen LogP contribution in [0.3, 0.4) is 0 Å². The second kappa shape index (κ2) is 35.1. The smallest absolute Gasteiger partial charge is 0.252 e. The third-order valence-electron chi connectivity index (χ3n) is 29.0. The van der Waals surface area contributed by atoms with Crippen molar-refractivity contribution in [1.82, 2.24) is 0 Å². The Balaban J connectivity index is 0.000000202. The molecule has 4 aliphatic rings. The van der Waals surface area contributed by atoms with E-state index < -0.39 is 10.8 Å². The molecule has 714 valence electrons. The van der Waals surface area contributed by atoms with E-state index in [4.69, 9.17) is 0 Å². The molecule has 6 nitrogen and oxygen atoms in total. The average molecular weight is 1840 g/mol. The van der Waals surface area contributed by atoms with Gasteiger partial charge in [0.1, 0.15) is 0 Å². The van der Waals surface area contributed by atoms with Crippen molar-refractivity contribution < 1.29 is 11.0 Å². The summed E-state index contributed by atoms with van der Waals surface area (Å²) in [6.07, 6.45) is 0. The van der Waals surface area contributed by atoms with Crippen LogP contribution in [-0.4, -0.2) is 13.4 Å². The first kappa shape index (κ1) is 88.4. The fourth-order valence-electron chi connectivity index (χ4n) is 20.2. The molecular weight excluding hydrogens is 1680 g/mol. The number of hydrogen-bond donors (Lipinski definition) is 0. The van der Waals surface area contributed by atoms with E-state index in [0.717, 1.165) is 78.9 Å². The third kappa shape index (κ3) is 19.2. The van der Waals surface area contributed by atoms with Gasteiger partial charge in [0.25, 0.3) is 13.4 Å². The molecule has 0 amide bonds. The minimum absolute atomic E-state index is 0.0190. The van der Waals surface area contributed by atoms with Crippen LogP contribution < -0.4 is 62.2 Å². The fourth-order valence-corrected chi connectivity index (χ4v) is 20.2. The van der Waals surface area contributed by atoms with Crippen LogP contribution >= 0.6 is 0 Å². The summed E-state index contributed by atoms with van der Waals surface area (Å²) in [7, 11) is 0. The number of anilines is 18. The van der Waals surface area contributed by atoms with Gasteiger partial charge in [-0.3, -0.25) is 0 Å². The highest BCUT2D eigenvalue weighted by atomic mass is 15.2. The molecule has 8 heteroatoms. The Kier molecular flexibility index (Phi) is 22.3. The first-order chi connectivity index (χ1) is 68.0. The lowest BCUT2D eigenvalue weighted by Crippen LogP contribution is -2.61. The van der Waals surface area contributed by atoms with E-state index in [1.54, 1.807) is 0 Å². The minimum atomic E-state index is -0.776. The molecule has 0 saturated carbocycles. The summed E-state index contributed by atoms with van der Waals surface area (Å²) in [5.41, 5.74) is 34.2. The monoisotopic (exact) mass is 1840 g/mol. The number of rotatable bonds is 11. The predicted octanol–water partition coefficient (Wildman–Crippen LogP) is 33.9. The van der Waals surface area contributed by atoms with E-state index in [0.29, 0.717) is 5.69 Å². The standard InChI is InChI=1S/C66H78BN3.C65H76BN3/c1-61(2,3)43-19-29-49(30-20-43)68(50-31-21-44(22-32-50)62(4,5)6)53-41-58-60-59(42-53)70(52-35-25-46(26-36-52)64(10,11)12)57-38-28-48(66(16,17)18)40-55(57)67(60)54-39-47(65(13,14)15)27-37-56(54)69(58)51-33-23-45(24-34-51)63(7,8)9;1-42(2)43-18-28-51(29-19-43)68-56-36-26-47(64(12,13)14)38-54(56)66-55-39-48(65(15,16)17)27-37-57(55)69(52-34-24-46(25-35-52)63(9,10)11)59-41-53(40-58(68)60(59)66)67(49-30-20-44(21-31-49)61(3,4)5)50-32-22-45(23-33-50)62(6,7)8/h19-42H,1-18H3;18-42H,1-17H3/i;20D,21D,22D,23D,30D,31D,32D,33D. The summed E-state index contributed by atoms with van der Waals surface area (Å²) in [4.78, 5) is 13.7. The normalized spacial score (nSPS) is 14.8. The van der Waals surface area contributed by atoms with Crippen molar-refractivity contribution in [2.24, 2.45) is 0 Å². The van der Waals surface area contributed by atoms with E-state index in [2.05, 4.69) is 456 Å². The molecule has 0 aromatic heterocycles. The molecule has 14 aromatic carbocycles. The first-order valence-corrected chi connectivity index (χ1v) is 50.6. The van der Waals surface area contributed by atoms with Gasteiger partial charge in [0, 0.05) is 91.0 Å². The van der Waals surface area contributed by atoms with Gasteiger partial charge in [-0.1, -0.05) is 388 Å². The van der Waals surface area contributed by atoms with Crippen LogP contribution in [0, 0.1) is 0 Å². The SMILES string of the molecule is CC(C)(C)c1ccc(N(c2ccc(C(C)(C)C)cc2)c2cc3c4c(c2)N(c2ccc(C(C)(C)C)cc2)c2ccc(C(C)(C)C)cc2B4c2cc(C(C)(C)C)ccc2N3c2ccc(C(C)(C)C)cc2)cc1.[2H]c1c([2H])c(C(C)(C)C)c([2H])c([2H])c1N(c1cc2c3c(c1)N(c1ccc(C(C)(C)C)cc1)c1ccc(C(C)(C)C)cc1B3c1cc(C(C)(C)C)ccc1N2c1ccc(C(C)C)cc1)c1c([2H])c([2H])c(C(C)(C)C)c([2H])c1[2H]. The zero-order valence-electron chi connectivity index (χ0n) is 98.0. The molecule has 4 heterocycles. The van der Waals surface area contributed by atoms with Crippen LogP contribution in [0.4, 0.5) is 102 Å². The molecule has 0 aliphatic carbocycles. The van der Waals surface area contributed by atoms with Crippen LogP contribution in [-0.2, 0) is 59.6 Å². The van der Waals surface area contributed by atoms with Gasteiger partial charge >= 0.3 is 0 Å². The van der Waals surface area contributed by atoms with Crippen LogP contribution in [0.1, 0.15) is 326 Å². The van der Waals surface area contributed by atoms with Gasteiger partial charge in [0.15, 0.2) is 0 Å². The predicted molar refractivity (Wildman–Crippen MR) is 610 cm³/mol. The lowest BCUT2D eigenvalue weighted by molar-refractivity contribution is 0.590. The molecule has 14 aromatic rings. The van der Waals surface area contributed by atoms with E-state index in [9.17, 15) is 11.0 Å². The number of nitrogens with zero attached hydrogens (tertiary/aromatic N) is 6. The Bertz CT molecular complexity index is 7130. The summed E-state index contributed by atoms with van der Waals surface area (Å²) in [5.74, 6) is 0.283. The van der Waals surface area contributed by atoms with Gasteiger partial charge in [0.2, 0.25) is 0 Å². The Morgan fingerprint density at radius 3 is 0.583 bits per heavy atom. The van der Waals surface area contributed by atoms with Crippen molar-refractivity contribution in [2.75, 3.05) is 29.4 Å². The second-order valence-corrected chi connectivity index (χ2v) is 51.4. The van der Waals surface area contributed by atoms with Crippen LogP contribution in [0.5, 0.6) is 0 Å². The topological polar surface area (TPSA) is 19.4 Å². The van der Waals surface area contributed by atoms with Crippen molar-refractivity contribution in [3.05, 3.63) is 358 Å². The maximum absolute atomic E-state index is 9.94. The molecule has 139 heavy (non-hydrogen) atoms. The molecule has 0 fully saturated rings. The van der Waals surface area contributed by atoms with E-state index in [1.165, 1.54) is 99.7 Å². The van der Waals surface area contributed by atoms with Gasteiger partial charge in [-0.25, -0.2) is 0 Å². The summed E-state index contributed by atoms with van der Waals surface area (Å²) in [6, 6.07) is 89.7. The van der Waals surface area contributed by atoms with E-state index in [-0.39, 0.29) is 139 Å². The molecule has 0 N–H and O–H groups in total. The highest BCUT2D eigenvalue weighted by Gasteiger charge is 2.48. The Morgan fingerprint density at radius 1 is 0.194 bits per heavy atom. The van der Waals surface area contributed by atoms with E-state index >= 15 is 0 Å². The molecule has 18 rings (SSSR count). The molecule has 0 atom stereocenters. The van der Waals surface area contributed by atoms with Gasteiger partial charge < -0.3 is 29.4 Å². The molecule has 4 aliphatic heterocycles. The van der Waals surface area contributed by atoms with Crippen molar-refractivity contribution >= 4 is 149 Å². The maximum atomic E-state index is 9.94. The van der Waals surface area contributed by atoms with Crippen molar-refractivity contribution in [3.8, 4) is 0 Å². The lowest BCUT2D eigenvalue weighted by Gasteiger charge is -2.45. The maximum Gasteiger partial charge on any atom is 0.252 e. The Morgan fingerprint density at radius 2 is 0.381 bits per heavy atom. The summed E-state index contributed by atoms with van der Waals surface area (Å²) < 4.78 is 78.2. The molecule has 0 unspecified atom stereocenters. The van der Waals surface area contributed by atoms with Gasteiger partial charge in [-0.2, -0.15) is 0 Å². The molecule has 0 bridgehead atoms. The number of benzene rings is 14. The fraction of sp³-hybridized carbons (Fsp3) is 0.359. The third-order valence-corrected chi connectivity index (χ3v) is 29.0. The lowest BCUT2D eigenvalue weighted by atomic mass is 9.33. The summed E-state index contributed by atoms with van der Waals surface area (Å²) in [6.45, 7) is 77.0. The van der Waals surface area contributed by atoms with Crippen molar-refractivity contribution in [2.45, 2.75) is 308 Å². The van der Waals surface area contributed by atoms with Crippen molar-refractivity contribution in [1.29, 1.82) is 0 Å². The zero-order chi connectivity index (χ0) is 107. The highest BCUT2D eigenvalue weighted by molar-refractivity contribution is 7.01. The number of fused-ring (bicyclic) bond motifs is 8. The average Bonchev–Trinajstić information content (AvgIpc) is 0.691. The molecule has 0 saturated heterocycles. The van der Waals surface area contributed by atoms with Gasteiger partial charge in [0.05, 0.1) is 22.3 Å². The quantitative estimate of drug-likeness (QED) is 0.119. The Labute approximate surface area is 849 Å². The summed E-state index contributed by atoms with van der Waals surface area (Å²) >= 11 is 0. The second-order valence-electron chi connectivity index (χ2n) is 51.4. The number of hydrogen-bond acceptors (Lipinski definition) is 6. The molecule has 0 spiro atoms.